The molecule has 1 rings (SSSR count). The molecule has 1 fully saturated rings. The third-order valence-corrected chi connectivity index (χ3v) is 2.66. The average molecular weight is 190 g/mol. The molecule has 1 saturated carbocycles. The Hall–Kier alpha value is -0.640. The zero-order valence-corrected chi connectivity index (χ0v) is 7.54. The fraction of sp³-hybridized carbons (Fsp3) is 0.889. The van der Waals surface area contributed by atoms with E-state index < -0.39 is 6.22 Å². The van der Waals surface area contributed by atoms with E-state index in [9.17, 15) is 9.18 Å². The van der Waals surface area contributed by atoms with Crippen LogP contribution >= 0.6 is 0 Å². The summed E-state index contributed by atoms with van der Waals surface area (Å²) in [6.07, 6.45) is 2.04. The van der Waals surface area contributed by atoms with Crippen molar-refractivity contribution in [1.82, 2.24) is 0 Å². The molecular weight excluding hydrogens is 175 g/mol. The Morgan fingerprint density at radius 3 is 2.31 bits per heavy atom. The number of ether oxygens (including phenoxy) is 1. The Labute approximate surface area is 76.9 Å². The molecule has 0 unspecified atom stereocenters. The summed E-state index contributed by atoms with van der Waals surface area (Å²) < 4.78 is 16.0. The van der Waals surface area contributed by atoms with Crippen LogP contribution in [0.2, 0.25) is 0 Å². The number of hydrogen-bond acceptors (Lipinski definition) is 3. The molecule has 13 heavy (non-hydrogen) atoms. The van der Waals surface area contributed by atoms with Crippen LogP contribution < -0.4 is 0 Å². The van der Waals surface area contributed by atoms with E-state index in [1.165, 1.54) is 0 Å². The van der Waals surface area contributed by atoms with Gasteiger partial charge in [-0.2, -0.15) is 0 Å². The summed E-state index contributed by atoms with van der Waals surface area (Å²) in [7, 11) is 0. The largest absolute Gasteiger partial charge is 0.495 e. The number of carbonyl (C=O) groups excluding carboxylic acids is 1. The second kappa shape index (κ2) is 5.17. The fourth-order valence-corrected chi connectivity index (χ4v) is 1.76. The van der Waals surface area contributed by atoms with Gasteiger partial charge < -0.3 is 9.84 Å². The topological polar surface area (TPSA) is 46.5 Å². The first-order chi connectivity index (χ1) is 6.22. The maximum absolute atomic E-state index is 11.7. The molecule has 3 nitrogen and oxygen atoms in total. The summed E-state index contributed by atoms with van der Waals surface area (Å²) >= 11 is 0. The Morgan fingerprint density at radius 1 is 1.31 bits per heavy atom. The standard InChI is InChI=1S/C9H15FO3/c10-9(12)13-6-8-3-1-7(5-11)2-4-8/h7-8,11H,1-6H2. The number of carbonyl (C=O) groups is 1. The summed E-state index contributed by atoms with van der Waals surface area (Å²) in [6.45, 7) is 0.420. The molecule has 1 N–H and O–H groups in total. The predicted octanol–water partition coefficient (Wildman–Crippen LogP) is 1.89. The minimum Gasteiger partial charge on any atom is -0.440 e. The molecule has 0 radical (unpaired) electrons. The van der Waals surface area contributed by atoms with Crippen molar-refractivity contribution >= 4 is 6.22 Å². The molecule has 4 heteroatoms. The van der Waals surface area contributed by atoms with Gasteiger partial charge in [0.25, 0.3) is 0 Å². The number of rotatable bonds is 3. The monoisotopic (exact) mass is 190 g/mol. The predicted molar refractivity (Wildman–Crippen MR) is 45.0 cm³/mol. The van der Waals surface area contributed by atoms with Crippen molar-refractivity contribution in [2.45, 2.75) is 25.7 Å². The van der Waals surface area contributed by atoms with Gasteiger partial charge in [-0.1, -0.05) is 0 Å². The molecule has 0 spiro atoms. The van der Waals surface area contributed by atoms with Gasteiger partial charge >= 0.3 is 6.22 Å². The van der Waals surface area contributed by atoms with Gasteiger partial charge in [-0.3, -0.25) is 0 Å². The van der Waals surface area contributed by atoms with Crippen molar-refractivity contribution in [2.75, 3.05) is 13.2 Å². The van der Waals surface area contributed by atoms with E-state index in [-0.39, 0.29) is 19.1 Å². The van der Waals surface area contributed by atoms with Crippen LogP contribution in [0.4, 0.5) is 9.18 Å². The number of halogens is 1. The van der Waals surface area contributed by atoms with Gasteiger partial charge in [0.05, 0.1) is 6.61 Å². The molecule has 0 saturated heterocycles. The van der Waals surface area contributed by atoms with Gasteiger partial charge in [-0.15, -0.1) is 4.39 Å². The molecule has 0 amide bonds. The molecule has 1 aliphatic rings. The van der Waals surface area contributed by atoms with Crippen LogP contribution in [-0.4, -0.2) is 24.5 Å². The van der Waals surface area contributed by atoms with Crippen LogP contribution in [0.1, 0.15) is 25.7 Å². The first-order valence-electron chi connectivity index (χ1n) is 4.65. The summed E-state index contributed by atoms with van der Waals surface area (Å²) in [6, 6.07) is 0. The van der Waals surface area contributed by atoms with Crippen molar-refractivity contribution in [3.8, 4) is 0 Å². The zero-order chi connectivity index (χ0) is 9.68. The second-order valence-corrected chi connectivity index (χ2v) is 3.62. The minimum atomic E-state index is -1.69. The van der Waals surface area contributed by atoms with Crippen LogP contribution in [0.15, 0.2) is 0 Å². The summed E-state index contributed by atoms with van der Waals surface area (Å²) in [5, 5.41) is 8.85. The molecule has 0 aromatic rings. The SMILES string of the molecule is O=C(F)OCC1CCC(CO)CC1. The van der Waals surface area contributed by atoms with E-state index in [1.54, 1.807) is 0 Å². The number of hydrogen-bond donors (Lipinski definition) is 1. The maximum atomic E-state index is 11.7. The smallest absolute Gasteiger partial charge is 0.440 e. The number of aliphatic hydroxyl groups excluding tert-OH is 1. The Balaban J connectivity index is 2.14. The molecule has 0 atom stereocenters. The molecular formula is C9H15FO3. The molecule has 0 heterocycles. The lowest BCUT2D eigenvalue weighted by molar-refractivity contribution is 0.0823. The Kier molecular flexibility index (Phi) is 4.15. The molecule has 0 aliphatic heterocycles. The molecule has 0 aromatic carbocycles. The molecule has 0 bridgehead atoms. The lowest BCUT2D eigenvalue weighted by atomic mass is 9.83. The quantitative estimate of drug-likeness (QED) is 0.691. The Bertz CT molecular complexity index is 164. The summed E-state index contributed by atoms with van der Waals surface area (Å²) in [5.74, 6) is 0.667. The maximum Gasteiger partial charge on any atom is 0.495 e. The van der Waals surface area contributed by atoms with Crippen LogP contribution in [-0.2, 0) is 4.74 Å². The first kappa shape index (κ1) is 10.4. The van der Waals surface area contributed by atoms with E-state index in [2.05, 4.69) is 4.74 Å². The normalized spacial score (nSPS) is 28.5. The highest BCUT2D eigenvalue weighted by atomic mass is 19.1. The van der Waals surface area contributed by atoms with Gasteiger partial charge in [0, 0.05) is 6.61 Å². The van der Waals surface area contributed by atoms with Crippen molar-refractivity contribution in [1.29, 1.82) is 0 Å². The van der Waals surface area contributed by atoms with Crippen molar-refractivity contribution in [3.63, 3.8) is 0 Å². The van der Waals surface area contributed by atoms with E-state index in [1.807, 2.05) is 0 Å². The number of aliphatic hydroxyl groups is 1. The fourth-order valence-electron chi connectivity index (χ4n) is 1.76. The third kappa shape index (κ3) is 3.72. The van der Waals surface area contributed by atoms with Crippen LogP contribution in [0.3, 0.4) is 0 Å². The van der Waals surface area contributed by atoms with Crippen molar-refractivity contribution < 1.29 is 19.0 Å². The van der Waals surface area contributed by atoms with Gasteiger partial charge in [0.1, 0.15) is 0 Å². The molecule has 1 aliphatic carbocycles. The van der Waals surface area contributed by atoms with E-state index in [0.717, 1.165) is 25.7 Å². The van der Waals surface area contributed by atoms with E-state index >= 15 is 0 Å². The summed E-state index contributed by atoms with van der Waals surface area (Å²) in [4.78, 5) is 9.88. The highest BCUT2D eigenvalue weighted by molar-refractivity contribution is 5.57. The lowest BCUT2D eigenvalue weighted by Crippen LogP contribution is -2.21. The van der Waals surface area contributed by atoms with Gasteiger partial charge in [0.2, 0.25) is 0 Å². The third-order valence-electron chi connectivity index (χ3n) is 2.66. The molecule has 0 aromatic heterocycles. The highest BCUT2D eigenvalue weighted by Crippen LogP contribution is 2.28. The van der Waals surface area contributed by atoms with Crippen molar-refractivity contribution in [2.24, 2.45) is 11.8 Å². The van der Waals surface area contributed by atoms with Gasteiger partial charge in [-0.05, 0) is 37.5 Å². The highest BCUT2D eigenvalue weighted by Gasteiger charge is 2.21. The minimum absolute atomic E-state index is 0.188. The lowest BCUT2D eigenvalue weighted by Gasteiger charge is -2.26. The zero-order valence-electron chi connectivity index (χ0n) is 7.54. The van der Waals surface area contributed by atoms with E-state index in [0.29, 0.717) is 5.92 Å². The first-order valence-corrected chi connectivity index (χ1v) is 4.65. The average Bonchev–Trinajstić information content (AvgIpc) is 2.15. The van der Waals surface area contributed by atoms with Crippen LogP contribution in [0, 0.1) is 11.8 Å². The van der Waals surface area contributed by atoms with Crippen molar-refractivity contribution in [3.05, 3.63) is 0 Å². The van der Waals surface area contributed by atoms with Crippen LogP contribution in [0.25, 0.3) is 0 Å². The molecule has 76 valence electrons. The summed E-state index contributed by atoms with van der Waals surface area (Å²) in [5.41, 5.74) is 0. The van der Waals surface area contributed by atoms with Crippen LogP contribution in [0.5, 0.6) is 0 Å². The second-order valence-electron chi connectivity index (χ2n) is 3.62. The van der Waals surface area contributed by atoms with E-state index in [4.69, 9.17) is 5.11 Å². The van der Waals surface area contributed by atoms with Gasteiger partial charge in [0.15, 0.2) is 0 Å². The van der Waals surface area contributed by atoms with Gasteiger partial charge in [-0.25, -0.2) is 4.79 Å². The Morgan fingerprint density at radius 2 is 1.85 bits per heavy atom.